The smallest absolute Gasteiger partial charge is 0.258 e. The van der Waals surface area contributed by atoms with E-state index in [9.17, 15) is 14.4 Å². The van der Waals surface area contributed by atoms with Gasteiger partial charge in [0.25, 0.3) is 5.91 Å². The number of carbonyl (C=O) groups excluding carboxylic acids is 3. The van der Waals surface area contributed by atoms with Gasteiger partial charge in [0, 0.05) is 17.8 Å². The SMILES string of the molecule is O=C(c1cccc(N2C(=O)[C@@H]3[C@@H](C2=O)[C@H]2C=C[C@H]3C2)c1)N1CCCc2ccccc21. The lowest BCUT2D eigenvalue weighted by Crippen LogP contribution is -2.36. The second-order valence-corrected chi connectivity index (χ2v) is 8.75. The summed E-state index contributed by atoms with van der Waals surface area (Å²) in [7, 11) is 0. The van der Waals surface area contributed by atoms with Crippen LogP contribution in [0.3, 0.4) is 0 Å². The molecule has 0 N–H and O–H groups in total. The lowest BCUT2D eigenvalue weighted by atomic mass is 9.85. The van der Waals surface area contributed by atoms with Crippen LogP contribution in [0, 0.1) is 23.7 Å². The molecule has 1 saturated heterocycles. The van der Waals surface area contributed by atoms with Crippen molar-refractivity contribution < 1.29 is 14.4 Å². The Hall–Kier alpha value is -3.21. The summed E-state index contributed by atoms with van der Waals surface area (Å²) in [6.07, 6.45) is 6.98. The Morgan fingerprint density at radius 2 is 1.63 bits per heavy atom. The van der Waals surface area contributed by atoms with Crippen LogP contribution in [0.4, 0.5) is 11.4 Å². The fourth-order valence-corrected chi connectivity index (χ4v) is 5.84. The molecule has 0 spiro atoms. The van der Waals surface area contributed by atoms with Crippen LogP contribution < -0.4 is 9.80 Å². The molecule has 30 heavy (non-hydrogen) atoms. The average Bonchev–Trinajstić information content (AvgIpc) is 3.46. The topological polar surface area (TPSA) is 57.7 Å². The van der Waals surface area contributed by atoms with E-state index in [4.69, 9.17) is 0 Å². The summed E-state index contributed by atoms with van der Waals surface area (Å²) in [5.74, 6) is -0.441. The molecule has 150 valence electrons. The number of rotatable bonds is 2. The number of para-hydroxylation sites is 1. The van der Waals surface area contributed by atoms with Gasteiger partial charge in [0.05, 0.1) is 17.5 Å². The average molecular weight is 398 g/mol. The van der Waals surface area contributed by atoms with Gasteiger partial charge in [0.15, 0.2) is 0 Å². The first kappa shape index (κ1) is 17.6. The highest BCUT2D eigenvalue weighted by atomic mass is 16.2. The van der Waals surface area contributed by atoms with Crippen LogP contribution in [0.2, 0.25) is 0 Å². The number of imide groups is 1. The van der Waals surface area contributed by atoms with E-state index in [0.29, 0.717) is 17.8 Å². The first-order valence-corrected chi connectivity index (χ1v) is 10.7. The minimum atomic E-state index is -0.235. The van der Waals surface area contributed by atoms with Gasteiger partial charge in [-0.1, -0.05) is 36.4 Å². The van der Waals surface area contributed by atoms with Gasteiger partial charge in [-0.25, -0.2) is 4.90 Å². The van der Waals surface area contributed by atoms with Crippen LogP contribution in [-0.2, 0) is 16.0 Å². The maximum atomic E-state index is 13.3. The van der Waals surface area contributed by atoms with E-state index in [-0.39, 0.29) is 41.4 Å². The molecule has 2 heterocycles. The molecule has 2 aliphatic heterocycles. The predicted octanol–water partition coefficient (Wildman–Crippen LogP) is 3.59. The number of allylic oxidation sites excluding steroid dienone is 2. The molecule has 0 aromatic heterocycles. The molecule has 2 aromatic carbocycles. The number of carbonyl (C=O) groups is 3. The van der Waals surface area contributed by atoms with Gasteiger partial charge in [-0.2, -0.15) is 0 Å². The quantitative estimate of drug-likeness (QED) is 0.574. The van der Waals surface area contributed by atoms with Crippen LogP contribution in [0.25, 0.3) is 0 Å². The number of aryl methyl sites for hydroxylation is 1. The molecular weight excluding hydrogens is 376 g/mol. The molecule has 2 aromatic rings. The lowest BCUT2D eigenvalue weighted by Gasteiger charge is -2.29. The molecule has 2 aliphatic carbocycles. The molecule has 3 amide bonds. The number of amides is 3. The van der Waals surface area contributed by atoms with Crippen molar-refractivity contribution in [1.82, 2.24) is 0 Å². The summed E-state index contributed by atoms with van der Waals surface area (Å²) >= 11 is 0. The zero-order valence-corrected chi connectivity index (χ0v) is 16.5. The summed E-state index contributed by atoms with van der Waals surface area (Å²) in [5.41, 5.74) is 3.14. The number of fused-ring (bicyclic) bond motifs is 6. The Morgan fingerprint density at radius 1 is 0.900 bits per heavy atom. The monoisotopic (exact) mass is 398 g/mol. The second-order valence-electron chi connectivity index (χ2n) is 8.75. The predicted molar refractivity (Wildman–Crippen MR) is 113 cm³/mol. The maximum Gasteiger partial charge on any atom is 0.258 e. The maximum absolute atomic E-state index is 13.3. The van der Waals surface area contributed by atoms with Gasteiger partial charge in [-0.3, -0.25) is 14.4 Å². The van der Waals surface area contributed by atoms with Crippen molar-refractivity contribution in [2.45, 2.75) is 19.3 Å². The fraction of sp³-hybridized carbons (Fsp3) is 0.320. The largest absolute Gasteiger partial charge is 0.308 e. The summed E-state index contributed by atoms with van der Waals surface area (Å²) < 4.78 is 0. The molecule has 4 aliphatic rings. The van der Waals surface area contributed by atoms with E-state index in [0.717, 1.165) is 24.9 Å². The molecule has 6 rings (SSSR count). The van der Waals surface area contributed by atoms with Gasteiger partial charge in [-0.05, 0) is 60.9 Å². The van der Waals surface area contributed by atoms with Crippen LogP contribution in [0.5, 0.6) is 0 Å². The Balaban J connectivity index is 1.32. The number of nitrogens with zero attached hydrogens (tertiary/aromatic N) is 2. The van der Waals surface area contributed by atoms with Crippen molar-refractivity contribution in [2.75, 3.05) is 16.3 Å². The van der Waals surface area contributed by atoms with Gasteiger partial charge in [0.2, 0.25) is 11.8 Å². The highest BCUT2D eigenvalue weighted by molar-refractivity contribution is 6.23. The third-order valence-corrected chi connectivity index (χ3v) is 7.18. The highest BCUT2D eigenvalue weighted by Crippen LogP contribution is 2.53. The standard InChI is InChI=1S/C25H22N2O3/c28-23(26-12-4-7-15-5-1-2-9-20(15)26)18-6-3-8-19(14-18)27-24(29)21-16-10-11-17(13-16)22(21)25(27)30/h1-3,5-6,8-11,14,16-17,21-22H,4,7,12-13H2/t16-,17-,21-,22-/m0/s1. The van der Waals surface area contributed by atoms with E-state index in [1.807, 2.05) is 23.1 Å². The van der Waals surface area contributed by atoms with E-state index in [1.165, 1.54) is 10.5 Å². The van der Waals surface area contributed by atoms with Gasteiger partial charge >= 0.3 is 0 Å². The molecule has 2 bridgehead atoms. The van der Waals surface area contributed by atoms with Crippen LogP contribution in [0.15, 0.2) is 60.7 Å². The minimum Gasteiger partial charge on any atom is -0.308 e. The molecule has 0 unspecified atom stereocenters. The van der Waals surface area contributed by atoms with E-state index < -0.39 is 0 Å². The fourth-order valence-electron chi connectivity index (χ4n) is 5.84. The molecule has 5 nitrogen and oxygen atoms in total. The normalized spacial score (nSPS) is 28.8. The van der Waals surface area contributed by atoms with E-state index >= 15 is 0 Å². The van der Waals surface area contributed by atoms with Crippen molar-refractivity contribution in [1.29, 1.82) is 0 Å². The molecule has 4 atom stereocenters. The van der Waals surface area contributed by atoms with Crippen molar-refractivity contribution in [2.24, 2.45) is 23.7 Å². The summed E-state index contributed by atoms with van der Waals surface area (Å²) in [6, 6.07) is 15.0. The first-order valence-electron chi connectivity index (χ1n) is 10.7. The molecule has 0 radical (unpaired) electrons. The minimum absolute atomic E-state index is 0.0926. The van der Waals surface area contributed by atoms with E-state index in [1.54, 1.807) is 24.3 Å². The molecular formula is C25H22N2O3. The van der Waals surface area contributed by atoms with Crippen molar-refractivity contribution in [3.63, 3.8) is 0 Å². The van der Waals surface area contributed by atoms with E-state index in [2.05, 4.69) is 18.2 Å². The Bertz CT molecular complexity index is 1090. The third kappa shape index (κ3) is 2.38. The second kappa shape index (κ2) is 6.39. The number of benzene rings is 2. The zero-order valence-electron chi connectivity index (χ0n) is 16.5. The summed E-state index contributed by atoms with van der Waals surface area (Å²) in [5, 5.41) is 0. The Morgan fingerprint density at radius 3 is 2.40 bits per heavy atom. The number of hydrogen-bond donors (Lipinski definition) is 0. The summed E-state index contributed by atoms with van der Waals surface area (Å²) in [4.78, 5) is 42.7. The van der Waals surface area contributed by atoms with Crippen LogP contribution in [0.1, 0.15) is 28.8 Å². The van der Waals surface area contributed by atoms with Crippen molar-refractivity contribution in [3.8, 4) is 0 Å². The number of anilines is 2. The highest BCUT2D eigenvalue weighted by Gasteiger charge is 2.59. The molecule has 1 saturated carbocycles. The summed E-state index contributed by atoms with van der Waals surface area (Å²) in [6.45, 7) is 0.667. The molecule has 2 fully saturated rings. The van der Waals surface area contributed by atoms with Crippen molar-refractivity contribution in [3.05, 3.63) is 71.8 Å². The van der Waals surface area contributed by atoms with Gasteiger partial charge < -0.3 is 4.90 Å². The first-order chi connectivity index (χ1) is 14.6. The number of hydrogen-bond acceptors (Lipinski definition) is 3. The third-order valence-electron chi connectivity index (χ3n) is 7.18. The Kier molecular flexibility index (Phi) is 3.76. The van der Waals surface area contributed by atoms with Crippen molar-refractivity contribution >= 4 is 29.1 Å². The Labute approximate surface area is 175 Å². The van der Waals surface area contributed by atoms with Gasteiger partial charge in [0.1, 0.15) is 0 Å². The lowest BCUT2D eigenvalue weighted by molar-refractivity contribution is -0.123. The van der Waals surface area contributed by atoms with Crippen LogP contribution >= 0.6 is 0 Å². The zero-order chi connectivity index (χ0) is 20.4. The van der Waals surface area contributed by atoms with Gasteiger partial charge in [-0.15, -0.1) is 0 Å². The van der Waals surface area contributed by atoms with Crippen LogP contribution in [-0.4, -0.2) is 24.3 Å². The molecule has 5 heteroatoms.